The van der Waals surface area contributed by atoms with E-state index in [-0.39, 0.29) is 10.6 Å². The fourth-order valence-corrected chi connectivity index (χ4v) is 21.2. The molecule has 24 heavy (non-hydrogen) atoms. The molecular formula is C16H38O4Si4. The Morgan fingerprint density at radius 1 is 1.00 bits per heavy atom. The van der Waals surface area contributed by atoms with E-state index in [0.717, 1.165) is 25.5 Å². The molecule has 0 radical (unpaired) electrons. The van der Waals surface area contributed by atoms with E-state index in [1.807, 2.05) is 0 Å². The largest absolute Gasteiger partial charge is 0.436 e. The maximum atomic E-state index is 6.86. The summed E-state index contributed by atoms with van der Waals surface area (Å²) in [6.07, 6.45) is 2.14. The molecule has 8 heteroatoms. The summed E-state index contributed by atoms with van der Waals surface area (Å²) in [7, 11) is -7.62. The van der Waals surface area contributed by atoms with Gasteiger partial charge in [-0.15, -0.1) is 0 Å². The van der Waals surface area contributed by atoms with Crippen molar-refractivity contribution in [2.24, 2.45) is 0 Å². The monoisotopic (exact) mass is 406 g/mol. The minimum Gasteiger partial charge on any atom is -0.436 e. The van der Waals surface area contributed by atoms with Crippen LogP contribution < -0.4 is 0 Å². The fraction of sp³-hybridized carbons (Fsp3) is 1.00. The Balaban J connectivity index is 2.28. The van der Waals surface area contributed by atoms with Crippen LogP contribution in [0.3, 0.4) is 0 Å². The molecule has 4 atom stereocenters. The van der Waals surface area contributed by atoms with E-state index in [9.17, 15) is 0 Å². The molecular weight excluding hydrogens is 369 g/mol. The van der Waals surface area contributed by atoms with Gasteiger partial charge in [-0.05, 0) is 78.2 Å². The lowest BCUT2D eigenvalue weighted by atomic mass is 9.84. The van der Waals surface area contributed by atoms with Crippen LogP contribution in [0.2, 0.25) is 63.5 Å². The Bertz CT molecular complexity index is 487. The molecule has 0 amide bonds. The molecule has 0 aliphatic carbocycles. The Kier molecular flexibility index (Phi) is 5.35. The first-order valence-corrected chi connectivity index (χ1v) is 21.0. The highest BCUT2D eigenvalue weighted by atomic mass is 28.4. The average Bonchev–Trinajstić information content (AvgIpc) is 2.61. The normalized spacial score (nSPS) is 43.8. The quantitative estimate of drug-likeness (QED) is 0.569. The molecule has 0 saturated carbocycles. The van der Waals surface area contributed by atoms with Gasteiger partial charge in [0.2, 0.25) is 0 Å². The van der Waals surface area contributed by atoms with Crippen molar-refractivity contribution in [1.29, 1.82) is 0 Å². The third-order valence-corrected chi connectivity index (χ3v) is 19.3. The Hall–Kier alpha value is 0.708. The summed E-state index contributed by atoms with van der Waals surface area (Å²) in [6, 6.07) is 1.09. The van der Waals surface area contributed by atoms with Crippen molar-refractivity contribution in [3.8, 4) is 0 Å². The van der Waals surface area contributed by atoms with Crippen LogP contribution in [0.5, 0.6) is 0 Å². The summed E-state index contributed by atoms with van der Waals surface area (Å²) in [5, 5.41) is 0.0494. The van der Waals surface area contributed by atoms with Gasteiger partial charge in [0.1, 0.15) is 0 Å². The van der Waals surface area contributed by atoms with Crippen molar-refractivity contribution < 1.29 is 17.1 Å². The van der Waals surface area contributed by atoms with Crippen LogP contribution in [0.15, 0.2) is 0 Å². The molecule has 2 aliphatic rings. The van der Waals surface area contributed by atoms with Crippen molar-refractivity contribution in [3.05, 3.63) is 0 Å². The molecule has 142 valence electrons. The molecule has 0 aromatic heterocycles. The Labute approximate surface area is 153 Å². The summed E-state index contributed by atoms with van der Waals surface area (Å²) in [5.41, 5.74) is -0.165. The van der Waals surface area contributed by atoms with Gasteiger partial charge in [0.25, 0.3) is 0 Å². The summed E-state index contributed by atoms with van der Waals surface area (Å²) in [4.78, 5) is 0. The number of hydrogen-bond donors (Lipinski definition) is 0. The molecule has 2 fully saturated rings. The lowest BCUT2D eigenvalue weighted by molar-refractivity contribution is -0.0576. The summed E-state index contributed by atoms with van der Waals surface area (Å²) >= 11 is 0. The molecule has 0 N–H and O–H groups in total. The third-order valence-electron chi connectivity index (χ3n) is 5.60. The SMILES string of the molecule is CCC1(C2(C)CC[Si](C)(O[Si](C)(C)C)O2)CO[Si@]1(C)O[Si](C)(C)C. The van der Waals surface area contributed by atoms with Gasteiger partial charge in [-0.2, -0.15) is 0 Å². The smallest absolute Gasteiger partial charge is 0.336 e. The van der Waals surface area contributed by atoms with Crippen molar-refractivity contribution in [3.63, 3.8) is 0 Å². The van der Waals surface area contributed by atoms with Crippen LogP contribution in [0, 0.1) is 0 Å². The third kappa shape index (κ3) is 3.71. The molecule has 2 saturated heterocycles. The topological polar surface area (TPSA) is 36.9 Å². The van der Waals surface area contributed by atoms with Crippen LogP contribution in [-0.2, 0) is 17.1 Å². The van der Waals surface area contributed by atoms with Gasteiger partial charge >= 0.3 is 17.1 Å². The van der Waals surface area contributed by atoms with Crippen LogP contribution >= 0.6 is 0 Å². The highest BCUT2D eigenvalue weighted by molar-refractivity contribution is 6.85. The summed E-state index contributed by atoms with van der Waals surface area (Å²) in [5.74, 6) is 0. The molecule has 4 nitrogen and oxygen atoms in total. The molecule has 0 bridgehead atoms. The first-order chi connectivity index (χ1) is 10.6. The van der Waals surface area contributed by atoms with Gasteiger partial charge in [0.15, 0.2) is 16.6 Å². The second-order valence-electron chi connectivity index (χ2n) is 10.1. The van der Waals surface area contributed by atoms with Gasteiger partial charge in [0.05, 0.1) is 10.6 Å². The van der Waals surface area contributed by atoms with E-state index in [0.29, 0.717) is 0 Å². The molecule has 3 unspecified atom stereocenters. The predicted octanol–water partition coefficient (Wildman–Crippen LogP) is 5.19. The van der Waals surface area contributed by atoms with Crippen LogP contribution in [0.1, 0.15) is 26.7 Å². The van der Waals surface area contributed by atoms with Crippen LogP contribution in [0.25, 0.3) is 0 Å². The van der Waals surface area contributed by atoms with Crippen LogP contribution in [-0.4, -0.2) is 46.0 Å². The van der Waals surface area contributed by atoms with E-state index < -0.39 is 33.8 Å². The van der Waals surface area contributed by atoms with Crippen molar-refractivity contribution in [1.82, 2.24) is 0 Å². The van der Waals surface area contributed by atoms with Gasteiger partial charge in [-0.1, -0.05) is 6.92 Å². The minimum absolute atomic E-state index is 0.0494. The van der Waals surface area contributed by atoms with Gasteiger partial charge < -0.3 is 17.1 Å². The first kappa shape index (κ1) is 21.0. The van der Waals surface area contributed by atoms with Gasteiger partial charge in [0, 0.05) is 6.61 Å². The Morgan fingerprint density at radius 3 is 1.92 bits per heavy atom. The van der Waals surface area contributed by atoms with Crippen molar-refractivity contribution in [2.75, 3.05) is 6.61 Å². The summed E-state index contributed by atoms with van der Waals surface area (Å²) in [6.45, 7) is 23.5. The van der Waals surface area contributed by atoms with E-state index in [1.165, 1.54) is 0 Å². The molecule has 2 heterocycles. The zero-order valence-electron chi connectivity index (χ0n) is 17.5. The fourth-order valence-electron chi connectivity index (χ4n) is 4.69. The zero-order chi connectivity index (χ0) is 18.7. The summed E-state index contributed by atoms with van der Waals surface area (Å²) < 4.78 is 26.3. The van der Waals surface area contributed by atoms with Gasteiger partial charge in [-0.3, -0.25) is 0 Å². The molecule has 0 aromatic carbocycles. The molecule has 0 spiro atoms. The van der Waals surface area contributed by atoms with Crippen molar-refractivity contribution >= 4 is 33.8 Å². The lowest BCUT2D eigenvalue weighted by Gasteiger charge is -2.62. The maximum absolute atomic E-state index is 6.86. The highest BCUT2D eigenvalue weighted by Crippen LogP contribution is 2.64. The second-order valence-corrected chi connectivity index (χ2v) is 26.3. The second kappa shape index (κ2) is 6.12. The van der Waals surface area contributed by atoms with Crippen molar-refractivity contribution in [2.45, 2.75) is 95.7 Å². The first-order valence-electron chi connectivity index (χ1n) is 9.34. The Morgan fingerprint density at radius 2 is 1.54 bits per heavy atom. The van der Waals surface area contributed by atoms with E-state index in [2.05, 4.69) is 66.2 Å². The predicted molar refractivity (Wildman–Crippen MR) is 110 cm³/mol. The maximum Gasteiger partial charge on any atom is 0.336 e. The molecule has 2 rings (SSSR count). The molecule has 2 aliphatic heterocycles. The van der Waals surface area contributed by atoms with E-state index >= 15 is 0 Å². The molecule has 0 aromatic rings. The van der Waals surface area contributed by atoms with E-state index in [4.69, 9.17) is 17.1 Å². The van der Waals surface area contributed by atoms with E-state index in [1.54, 1.807) is 0 Å². The average molecular weight is 407 g/mol. The standard InChI is InChI=1S/C16H38O4Si4/c1-11-16(14-17-24(16,10)20-22(6,7)8)15(2)12-13-23(9,18-15)19-21(3,4)5/h11-14H2,1-10H3/t15?,16?,23?,24-/m1/s1. The zero-order valence-corrected chi connectivity index (χ0v) is 21.5. The minimum atomic E-state index is -2.26. The number of hydrogen-bond acceptors (Lipinski definition) is 4. The van der Waals surface area contributed by atoms with Crippen LogP contribution in [0.4, 0.5) is 0 Å². The lowest BCUT2D eigenvalue weighted by Crippen LogP contribution is -2.73. The number of rotatable bonds is 6. The van der Waals surface area contributed by atoms with Gasteiger partial charge in [-0.25, -0.2) is 0 Å². The highest BCUT2D eigenvalue weighted by Gasteiger charge is 2.73.